The van der Waals surface area contributed by atoms with Crippen molar-refractivity contribution < 1.29 is 18.0 Å². The molecule has 4 aromatic rings. The van der Waals surface area contributed by atoms with Crippen LogP contribution in [0.3, 0.4) is 0 Å². The number of benzene rings is 2. The van der Waals surface area contributed by atoms with Gasteiger partial charge in [0.25, 0.3) is 5.91 Å². The third kappa shape index (κ3) is 5.27. The fourth-order valence-corrected chi connectivity index (χ4v) is 4.85. The Hall–Kier alpha value is -4.15. The maximum atomic E-state index is 13.9. The van der Waals surface area contributed by atoms with Gasteiger partial charge in [0.1, 0.15) is 5.82 Å². The molecule has 1 saturated carbocycles. The third-order valence-corrected chi connectivity index (χ3v) is 6.69. The number of para-hydroxylation sites is 2. The topological polar surface area (TPSA) is 88.0 Å². The second-order valence-corrected chi connectivity index (χ2v) is 9.60. The molecule has 0 saturated heterocycles. The van der Waals surface area contributed by atoms with Crippen molar-refractivity contribution in [3.63, 3.8) is 0 Å². The van der Waals surface area contributed by atoms with Gasteiger partial charge in [0.2, 0.25) is 5.95 Å². The minimum absolute atomic E-state index is 0.0888. The van der Waals surface area contributed by atoms with Gasteiger partial charge >= 0.3 is 6.18 Å². The summed E-state index contributed by atoms with van der Waals surface area (Å²) in [5.41, 5.74) is -0.492. The second-order valence-electron chi connectivity index (χ2n) is 9.60. The third-order valence-electron chi connectivity index (χ3n) is 6.69. The van der Waals surface area contributed by atoms with Crippen molar-refractivity contribution in [2.45, 2.75) is 43.9 Å². The summed E-state index contributed by atoms with van der Waals surface area (Å²) in [5.74, 6) is 0.572. The van der Waals surface area contributed by atoms with Crippen molar-refractivity contribution in [2.75, 3.05) is 24.3 Å². The zero-order valence-corrected chi connectivity index (χ0v) is 21.0. The van der Waals surface area contributed by atoms with E-state index in [0.29, 0.717) is 31.6 Å². The first-order valence-corrected chi connectivity index (χ1v) is 12.4. The molecule has 0 spiro atoms. The van der Waals surface area contributed by atoms with Gasteiger partial charge in [0.05, 0.1) is 23.0 Å². The van der Waals surface area contributed by atoms with Crippen LogP contribution in [0.5, 0.6) is 0 Å². The Kier molecular flexibility index (Phi) is 6.92. The van der Waals surface area contributed by atoms with Crippen molar-refractivity contribution in [1.82, 2.24) is 25.1 Å². The highest BCUT2D eigenvalue weighted by Gasteiger charge is 2.41. The molecule has 2 heterocycles. The molecule has 1 aliphatic carbocycles. The van der Waals surface area contributed by atoms with Gasteiger partial charge in [-0.1, -0.05) is 30.3 Å². The maximum absolute atomic E-state index is 13.9. The first-order chi connectivity index (χ1) is 18.2. The van der Waals surface area contributed by atoms with Crippen LogP contribution in [0.4, 0.5) is 24.9 Å². The SMILES string of the molecule is CN(C)c1nc(N[C@H]2CC[C@@H](NC(=O)c3cnn(-c4ccccc4)c3C(F)(F)F)CC2)nc2ccccc12. The summed E-state index contributed by atoms with van der Waals surface area (Å²) in [6, 6.07) is 15.6. The molecular formula is C27H28F3N7O. The predicted octanol–water partition coefficient (Wildman–Crippen LogP) is 5.05. The lowest BCUT2D eigenvalue weighted by molar-refractivity contribution is -0.143. The first-order valence-electron chi connectivity index (χ1n) is 12.4. The minimum atomic E-state index is -4.74. The highest BCUT2D eigenvalue weighted by molar-refractivity contribution is 5.95. The van der Waals surface area contributed by atoms with E-state index >= 15 is 0 Å². The number of nitrogens with one attached hydrogen (secondary N) is 2. The summed E-state index contributed by atoms with van der Waals surface area (Å²) >= 11 is 0. The monoisotopic (exact) mass is 523 g/mol. The molecule has 0 aliphatic heterocycles. The maximum Gasteiger partial charge on any atom is 0.434 e. The molecule has 0 bridgehead atoms. The fraction of sp³-hybridized carbons (Fsp3) is 0.333. The number of carbonyl (C=O) groups excluding carboxylic acids is 1. The molecule has 2 N–H and O–H groups in total. The number of anilines is 2. The summed E-state index contributed by atoms with van der Waals surface area (Å²) in [6.07, 6.45) is -1.09. The van der Waals surface area contributed by atoms with Crippen LogP contribution in [0, 0.1) is 0 Å². The number of halogens is 3. The molecular weight excluding hydrogens is 495 g/mol. The highest BCUT2D eigenvalue weighted by Crippen LogP contribution is 2.34. The molecule has 8 nitrogen and oxygen atoms in total. The smallest absolute Gasteiger partial charge is 0.362 e. The van der Waals surface area contributed by atoms with Gasteiger partial charge in [-0.25, -0.2) is 9.67 Å². The zero-order chi connectivity index (χ0) is 26.9. The molecule has 198 valence electrons. The summed E-state index contributed by atoms with van der Waals surface area (Å²) in [7, 11) is 3.86. The fourth-order valence-electron chi connectivity index (χ4n) is 4.85. The quantitative estimate of drug-likeness (QED) is 0.368. The van der Waals surface area contributed by atoms with E-state index < -0.39 is 23.3 Å². The molecule has 5 rings (SSSR count). The van der Waals surface area contributed by atoms with Gasteiger partial charge in [-0.15, -0.1) is 0 Å². The number of aromatic nitrogens is 4. The number of carbonyl (C=O) groups is 1. The van der Waals surface area contributed by atoms with Gasteiger partial charge in [0.15, 0.2) is 5.69 Å². The molecule has 0 atom stereocenters. The number of amides is 1. The van der Waals surface area contributed by atoms with E-state index in [0.717, 1.165) is 27.6 Å². The van der Waals surface area contributed by atoms with Crippen LogP contribution in [0.25, 0.3) is 16.6 Å². The standard InChI is InChI=1S/C27H28F3N7O/c1-36(2)24-20-10-6-7-11-22(20)34-26(35-24)33-18-14-12-17(13-15-18)32-25(38)21-16-31-37(23(21)27(28,29)30)19-8-4-3-5-9-19/h3-11,16-18H,12-15H2,1-2H3,(H,32,38)(H,33,34,35)/t17-,18+. The van der Waals surface area contributed by atoms with E-state index in [-0.39, 0.29) is 17.8 Å². The van der Waals surface area contributed by atoms with Crippen molar-refractivity contribution in [3.8, 4) is 5.69 Å². The average molecular weight is 524 g/mol. The number of nitrogens with zero attached hydrogens (tertiary/aromatic N) is 5. The molecule has 38 heavy (non-hydrogen) atoms. The highest BCUT2D eigenvalue weighted by atomic mass is 19.4. The Morgan fingerprint density at radius 3 is 2.29 bits per heavy atom. The van der Waals surface area contributed by atoms with Crippen molar-refractivity contribution in [2.24, 2.45) is 0 Å². The lowest BCUT2D eigenvalue weighted by Gasteiger charge is -2.30. The predicted molar refractivity (Wildman–Crippen MR) is 140 cm³/mol. The van der Waals surface area contributed by atoms with Gasteiger partial charge in [-0.05, 0) is 49.9 Å². The Labute approximate surface area is 217 Å². The molecule has 0 unspecified atom stereocenters. The number of alkyl halides is 3. The normalized spacial score (nSPS) is 17.8. The molecule has 11 heteroatoms. The Balaban J connectivity index is 1.25. The summed E-state index contributed by atoms with van der Waals surface area (Å²) in [4.78, 5) is 24.2. The number of fused-ring (bicyclic) bond motifs is 1. The summed E-state index contributed by atoms with van der Waals surface area (Å²) in [6.45, 7) is 0. The van der Waals surface area contributed by atoms with Gasteiger partial charge < -0.3 is 15.5 Å². The van der Waals surface area contributed by atoms with Crippen LogP contribution in [0.2, 0.25) is 0 Å². The molecule has 2 aromatic heterocycles. The van der Waals surface area contributed by atoms with E-state index in [4.69, 9.17) is 0 Å². The zero-order valence-electron chi connectivity index (χ0n) is 21.0. The average Bonchev–Trinajstić information content (AvgIpc) is 3.36. The van der Waals surface area contributed by atoms with E-state index in [1.165, 1.54) is 12.1 Å². The van der Waals surface area contributed by atoms with Crippen LogP contribution in [-0.4, -0.2) is 51.8 Å². The van der Waals surface area contributed by atoms with Gasteiger partial charge in [-0.3, -0.25) is 4.79 Å². The lowest BCUT2D eigenvalue weighted by Crippen LogP contribution is -2.40. The number of hydrogen-bond donors (Lipinski definition) is 2. The largest absolute Gasteiger partial charge is 0.434 e. The summed E-state index contributed by atoms with van der Waals surface area (Å²) < 4.78 is 42.6. The Morgan fingerprint density at radius 1 is 0.947 bits per heavy atom. The second kappa shape index (κ2) is 10.3. The minimum Gasteiger partial charge on any atom is -0.362 e. The van der Waals surface area contributed by atoms with Crippen LogP contribution in [0.1, 0.15) is 41.7 Å². The van der Waals surface area contributed by atoms with E-state index in [1.807, 2.05) is 43.3 Å². The van der Waals surface area contributed by atoms with Crippen molar-refractivity contribution in [1.29, 1.82) is 0 Å². The Morgan fingerprint density at radius 2 is 1.61 bits per heavy atom. The Bertz CT molecular complexity index is 1430. The van der Waals surface area contributed by atoms with Gasteiger partial charge in [0, 0.05) is 31.6 Å². The molecule has 1 fully saturated rings. The number of rotatable bonds is 6. The summed E-state index contributed by atoms with van der Waals surface area (Å²) in [5, 5.41) is 11.0. The van der Waals surface area contributed by atoms with Crippen LogP contribution < -0.4 is 15.5 Å². The van der Waals surface area contributed by atoms with Crippen molar-refractivity contribution in [3.05, 3.63) is 72.1 Å². The van der Waals surface area contributed by atoms with E-state index in [9.17, 15) is 18.0 Å². The molecule has 0 radical (unpaired) electrons. The first kappa shape index (κ1) is 25.5. The van der Waals surface area contributed by atoms with Crippen molar-refractivity contribution >= 4 is 28.6 Å². The molecule has 2 aromatic carbocycles. The lowest BCUT2D eigenvalue weighted by atomic mass is 9.91. The molecule has 1 amide bonds. The van der Waals surface area contributed by atoms with Crippen LogP contribution in [0.15, 0.2) is 60.8 Å². The molecule has 1 aliphatic rings. The number of hydrogen-bond acceptors (Lipinski definition) is 6. The van der Waals surface area contributed by atoms with Crippen LogP contribution in [-0.2, 0) is 6.18 Å². The van der Waals surface area contributed by atoms with E-state index in [2.05, 4.69) is 25.7 Å². The van der Waals surface area contributed by atoms with E-state index in [1.54, 1.807) is 18.2 Å². The van der Waals surface area contributed by atoms with Gasteiger partial charge in [-0.2, -0.15) is 23.3 Å². The van der Waals surface area contributed by atoms with Crippen LogP contribution >= 0.6 is 0 Å².